The van der Waals surface area contributed by atoms with E-state index in [1.807, 2.05) is 13.8 Å². The zero-order valence-electron chi connectivity index (χ0n) is 73.5. The van der Waals surface area contributed by atoms with Crippen molar-refractivity contribution in [2.45, 2.75) is 222 Å². The molecule has 3 aliphatic rings. The van der Waals surface area contributed by atoms with Gasteiger partial charge in [0.25, 0.3) is 0 Å². The topological polar surface area (TPSA) is 591 Å². The number of aromatic hydroxyl groups is 1. The van der Waals surface area contributed by atoms with Crippen molar-refractivity contribution >= 4 is 134 Å². The fraction of sp³-hybridized carbons (Fsp3) is 0.552. The van der Waals surface area contributed by atoms with Crippen molar-refractivity contribution in [3.05, 3.63) is 102 Å². The number of para-hydroxylation sites is 2. The number of phenols is 1. The minimum absolute atomic E-state index is 0.00305. The van der Waals surface area contributed by atoms with Crippen LogP contribution in [0.4, 0.5) is 4.39 Å². The quantitative estimate of drug-likeness (QED) is 0.0344. The van der Waals surface area contributed by atoms with Gasteiger partial charge in [0.05, 0.1) is 37.9 Å². The monoisotopic (exact) mass is 1800 g/mol. The number of ketones is 1. The molecule has 15 atom stereocenters. The second-order valence-corrected chi connectivity index (χ2v) is 34.3. The fourth-order valence-corrected chi connectivity index (χ4v) is 16.9. The number of amides is 16. The summed E-state index contributed by atoms with van der Waals surface area (Å²) in [6, 6.07) is -0.412. The second-order valence-electron chi connectivity index (χ2n) is 33.3. The number of likely N-dealkylation sites (N-methyl/N-ethyl adjacent to an activating group) is 3. The van der Waals surface area contributed by atoms with Crippen molar-refractivity contribution in [1.29, 1.82) is 0 Å². The number of phenolic OH excluding ortho intramolecular Hbond substituents is 1. The van der Waals surface area contributed by atoms with Crippen molar-refractivity contribution in [2.24, 2.45) is 34.8 Å². The van der Waals surface area contributed by atoms with Gasteiger partial charge in [-0.1, -0.05) is 102 Å². The number of rotatable bonds is 23. The van der Waals surface area contributed by atoms with Crippen LogP contribution in [0.25, 0.3) is 21.8 Å². The van der Waals surface area contributed by atoms with E-state index in [4.69, 9.17) is 22.9 Å². The van der Waals surface area contributed by atoms with Crippen LogP contribution < -0.4 is 70.8 Å². The highest BCUT2D eigenvalue weighted by molar-refractivity contribution is 8.00. The number of nitrogens with zero attached hydrogens (tertiary/aromatic N) is 5. The van der Waals surface area contributed by atoms with Gasteiger partial charge in [-0.15, -0.1) is 11.8 Å². The van der Waals surface area contributed by atoms with Crippen LogP contribution >= 0.6 is 11.8 Å². The summed E-state index contributed by atoms with van der Waals surface area (Å²) in [4.78, 5) is 259. The highest BCUT2D eigenvalue weighted by Gasteiger charge is 2.47. The molecule has 0 saturated carbocycles. The van der Waals surface area contributed by atoms with Crippen LogP contribution in [0.5, 0.6) is 5.75 Å². The highest BCUT2D eigenvalue weighted by Crippen LogP contribution is 2.31. The van der Waals surface area contributed by atoms with E-state index in [0.717, 1.165) is 36.3 Å². The molecule has 0 unspecified atom stereocenters. The lowest BCUT2D eigenvalue weighted by Gasteiger charge is -2.36. The van der Waals surface area contributed by atoms with Crippen LogP contribution in [-0.2, 0) is 101 Å². The van der Waals surface area contributed by atoms with E-state index in [1.165, 1.54) is 52.3 Å². The van der Waals surface area contributed by atoms with E-state index in [9.17, 15) is 63.0 Å². The third-order valence-electron chi connectivity index (χ3n) is 23.3. The number of hydrogen-bond acceptors (Lipinski definition) is 22. The van der Waals surface area contributed by atoms with Crippen molar-refractivity contribution in [3.63, 3.8) is 0 Å². The van der Waals surface area contributed by atoms with Gasteiger partial charge in [-0.25, -0.2) is 4.39 Å². The second kappa shape index (κ2) is 48.2. The minimum Gasteiger partial charge on any atom is -0.508 e. The summed E-state index contributed by atoms with van der Waals surface area (Å²) in [6.45, 7) is 5.02. The Labute approximate surface area is 745 Å². The fourth-order valence-electron chi connectivity index (χ4n) is 16.1. The van der Waals surface area contributed by atoms with E-state index < -0.39 is 248 Å². The van der Waals surface area contributed by atoms with Crippen LogP contribution in [0.2, 0.25) is 0 Å². The summed E-state index contributed by atoms with van der Waals surface area (Å²) in [5.41, 5.74) is 26.0. The number of nitrogens with two attached hydrogens (primary N) is 4. The molecule has 3 aliphatic heterocycles. The first-order chi connectivity index (χ1) is 60.9. The van der Waals surface area contributed by atoms with Crippen molar-refractivity contribution < 1.29 is 96.1 Å². The zero-order chi connectivity index (χ0) is 93.9. The summed E-state index contributed by atoms with van der Waals surface area (Å²) >= 11 is 0.769. The Balaban J connectivity index is 1.17. The van der Waals surface area contributed by atoms with Crippen LogP contribution in [0.1, 0.15) is 135 Å². The third-order valence-corrected chi connectivity index (χ3v) is 24.4. The van der Waals surface area contributed by atoms with Gasteiger partial charge in [0, 0.05) is 106 Å². The first-order valence-electron chi connectivity index (χ1n) is 43.2. The molecule has 5 aromatic rings. The highest BCUT2D eigenvalue weighted by atomic mass is 32.2. The first kappa shape index (κ1) is 101. The van der Waals surface area contributed by atoms with E-state index in [1.54, 1.807) is 74.8 Å². The summed E-state index contributed by atoms with van der Waals surface area (Å²) < 4.78 is 16.2. The standard InChI is InChI=1S/C87H123FN20O19S/c1-9-11-22-67-81(121)97-59(29-30-89)78(118)103-66(77(117)95-42-73(92)113)45-128-46-74(114)96-61(33-49-25-27-54(110)28-26-49)83(123)104(6)48(5)75(115)98-63(38-72(91)112)85(125)107-31-17-24-68(107)82(122)101-64(39-90)79(119)99-60(32-47(3)4)86(126)108-43-53(88)37-70(108)71(111)36-50(34-51-40-93-57-20-15-13-18-55(51)57)76(116)102-65(44-109)80(120)100-62(35-52-41-94-58-21-16-14-19-56(52)58)84(124)106(8)69(23-12-10-2)87(127)105(67)7/h13-16,18-21,25-28,40-41,47-48,50,53,59-70,93-94,109-110H,9-12,17,22-24,29-39,42-46,89-90H2,1-8H3,(H2,91,112)(H2,92,113)(H,95,117)(H,96,114)(H,97,121)(H,98,115)(H,99,119)(H,100,120)(H,101,122)(H,102,116)(H,103,118)/t48-,50+,53+,59-,60-,61-,62-,63-,64-,65-,66-,67-,68-,69-,70-/m0/s1. The summed E-state index contributed by atoms with van der Waals surface area (Å²) in [6.07, 6.45) is 0.129. The summed E-state index contributed by atoms with van der Waals surface area (Å²) in [7, 11) is 3.90. The largest absolute Gasteiger partial charge is 0.508 e. The molecule has 3 fully saturated rings. The van der Waals surface area contributed by atoms with Crippen LogP contribution in [0, 0.1) is 11.8 Å². The number of primary amides is 2. The number of carbonyl (C=O) groups excluding carboxylic acids is 17. The number of halogens is 1. The number of carbonyl (C=O) groups is 17. The molecule has 0 spiro atoms. The lowest BCUT2D eigenvalue weighted by molar-refractivity contribution is -0.149. The number of unbranched alkanes of at least 4 members (excludes halogenated alkanes) is 2. The van der Waals surface area contributed by atoms with Crippen LogP contribution in [0.3, 0.4) is 0 Å². The SMILES string of the molecule is CCCC[C@H]1C(=O)N(C)[C@@H](CCCC)C(=O)N[C@@H](CCN)C(=O)N[C@H](C(=O)NCC(N)=O)CSCC(=O)N[C@@H](Cc2ccc(O)cc2)C(=O)N(C)[C@@H](C)C(=O)N[C@@H](CC(N)=O)C(=O)N2CCC[C@H]2C(=O)N[C@@H](CN)C(=O)N[C@@H](CC(C)C)C(=O)N2C[C@H](F)C[C@H]2C(=O)C[C@@H](Cc2c[nH]c3ccccc23)C(=O)N[C@@H](CO)C(=O)N[C@@H](Cc2c[nH]c3ccccc23)C(=O)N1C. The molecule has 128 heavy (non-hydrogen) atoms. The molecule has 3 aromatic carbocycles. The molecule has 3 saturated heterocycles. The van der Waals surface area contributed by atoms with Crippen molar-refractivity contribution in [3.8, 4) is 5.75 Å². The van der Waals surface area contributed by atoms with Crippen molar-refractivity contribution in [1.82, 2.24) is 82.3 Å². The number of thioether (sulfide) groups is 1. The minimum atomic E-state index is -1.86. The maximum Gasteiger partial charge on any atom is 0.246 e. The number of aromatic amines is 2. The molecule has 39 nitrogen and oxygen atoms in total. The van der Waals surface area contributed by atoms with E-state index in [-0.39, 0.29) is 82.5 Å². The number of aliphatic hydroxyl groups is 1. The first-order valence-corrected chi connectivity index (χ1v) is 44.4. The number of benzene rings is 3. The van der Waals surface area contributed by atoms with Gasteiger partial charge >= 0.3 is 0 Å². The Hall–Kier alpha value is -12.1. The van der Waals surface area contributed by atoms with Gasteiger partial charge in [-0.05, 0) is 105 Å². The molecule has 5 heterocycles. The average Bonchev–Trinajstić information content (AvgIpc) is 1.72. The van der Waals surface area contributed by atoms with Crippen LogP contribution in [-0.4, -0.2) is 302 Å². The Morgan fingerprint density at radius 1 is 0.570 bits per heavy atom. The Kier molecular flexibility index (Phi) is 38.1. The number of aromatic nitrogens is 2. The molecular formula is C87H123FN20O19S. The molecular weight excluding hydrogens is 1680 g/mol. The molecule has 698 valence electrons. The van der Waals surface area contributed by atoms with E-state index in [2.05, 4.69) is 57.8 Å². The Morgan fingerprint density at radius 3 is 1.72 bits per heavy atom. The predicted octanol–water partition coefficient (Wildman–Crippen LogP) is -1.78. The molecule has 16 amide bonds. The molecule has 41 heteroatoms. The third kappa shape index (κ3) is 27.5. The summed E-state index contributed by atoms with van der Waals surface area (Å²) in [5, 5.41) is 45.9. The summed E-state index contributed by atoms with van der Waals surface area (Å²) in [5.74, 6) is -18.8. The van der Waals surface area contributed by atoms with Gasteiger partial charge in [0.15, 0.2) is 5.78 Å². The lowest BCUT2D eigenvalue weighted by Crippen LogP contribution is -2.61. The zero-order valence-corrected chi connectivity index (χ0v) is 74.3. The Morgan fingerprint density at radius 2 is 1.12 bits per heavy atom. The number of nitrogens with one attached hydrogen (secondary N) is 11. The predicted molar refractivity (Wildman–Crippen MR) is 471 cm³/mol. The van der Waals surface area contributed by atoms with Gasteiger partial charge in [-0.3, -0.25) is 81.5 Å². The molecule has 0 bridgehead atoms. The maximum atomic E-state index is 16.2. The number of H-pyrrole nitrogens is 2. The number of fused-ring (bicyclic) bond motifs is 4. The van der Waals surface area contributed by atoms with E-state index in [0.29, 0.717) is 64.2 Å². The molecule has 0 radical (unpaired) electrons. The molecule has 0 aliphatic carbocycles. The number of aliphatic hydroxyl groups excluding tert-OH is 1. The molecule has 8 rings (SSSR count). The maximum absolute atomic E-state index is 16.2. The Bertz CT molecular complexity index is 4800. The normalized spacial score (nSPS) is 25.6. The molecule has 21 N–H and O–H groups in total. The van der Waals surface area contributed by atoms with E-state index >= 15 is 33.2 Å². The van der Waals surface area contributed by atoms with Crippen LogP contribution in [0.15, 0.2) is 85.2 Å². The van der Waals surface area contributed by atoms with Gasteiger partial charge in [0.2, 0.25) is 94.5 Å². The van der Waals surface area contributed by atoms with Gasteiger partial charge < -0.3 is 115 Å². The number of Topliss-reactive ketones (excluding diaryl/α,β-unsaturated/α-hetero) is 1. The smallest absolute Gasteiger partial charge is 0.246 e. The lowest BCUT2D eigenvalue weighted by atomic mass is 9.90. The number of alkyl halides is 1. The van der Waals surface area contributed by atoms with Crippen molar-refractivity contribution in [2.75, 3.05) is 72.0 Å². The molecule has 2 aromatic heterocycles. The number of hydrogen-bond donors (Lipinski definition) is 17. The van der Waals surface area contributed by atoms with Gasteiger partial charge in [0.1, 0.15) is 84.4 Å². The van der Waals surface area contributed by atoms with Gasteiger partial charge in [-0.2, -0.15) is 0 Å². The average molecular weight is 1800 g/mol.